The van der Waals surface area contributed by atoms with Gasteiger partial charge in [-0.05, 0) is 26.7 Å². The van der Waals surface area contributed by atoms with Crippen LogP contribution in [0.5, 0.6) is 0 Å². The number of hydrogen-bond acceptors (Lipinski definition) is 3. The summed E-state index contributed by atoms with van der Waals surface area (Å²) in [5.74, 6) is -0.0371. The van der Waals surface area contributed by atoms with Crippen molar-refractivity contribution < 1.29 is 14.3 Å². The average Bonchev–Trinajstić information content (AvgIpc) is 2.23. The Morgan fingerprint density at radius 2 is 2.12 bits per heavy atom. The lowest BCUT2D eigenvalue weighted by atomic mass is 10.0. The van der Waals surface area contributed by atoms with E-state index in [1.807, 2.05) is 6.92 Å². The Labute approximate surface area is 95.1 Å². The number of carbonyl (C=O) groups is 2. The van der Waals surface area contributed by atoms with Crippen LogP contribution in [0.25, 0.3) is 0 Å². The molecule has 5 nitrogen and oxygen atoms in total. The molecule has 0 saturated carbocycles. The Kier molecular flexibility index (Phi) is 3.14. The van der Waals surface area contributed by atoms with E-state index in [0.717, 1.165) is 12.8 Å². The van der Waals surface area contributed by atoms with Crippen molar-refractivity contribution in [1.82, 2.24) is 10.2 Å². The molecule has 16 heavy (non-hydrogen) atoms. The van der Waals surface area contributed by atoms with Gasteiger partial charge in [-0.25, -0.2) is 0 Å². The van der Waals surface area contributed by atoms with Gasteiger partial charge in [0.05, 0.1) is 12.6 Å². The normalized spacial score (nSPS) is 36.1. The van der Waals surface area contributed by atoms with Gasteiger partial charge in [0.2, 0.25) is 11.8 Å². The molecule has 0 aromatic rings. The highest BCUT2D eigenvalue weighted by atomic mass is 16.5. The summed E-state index contributed by atoms with van der Waals surface area (Å²) in [4.78, 5) is 25.1. The first kappa shape index (κ1) is 11.4. The maximum Gasteiger partial charge on any atom is 0.245 e. The smallest absolute Gasteiger partial charge is 0.245 e. The molecule has 2 aliphatic heterocycles. The van der Waals surface area contributed by atoms with Crippen LogP contribution in [0.1, 0.15) is 26.7 Å². The van der Waals surface area contributed by atoms with Crippen molar-refractivity contribution in [3.63, 3.8) is 0 Å². The van der Waals surface area contributed by atoms with Crippen LogP contribution < -0.4 is 5.32 Å². The van der Waals surface area contributed by atoms with Crippen LogP contribution >= 0.6 is 0 Å². The maximum absolute atomic E-state index is 11.9. The zero-order chi connectivity index (χ0) is 11.7. The van der Waals surface area contributed by atoms with Gasteiger partial charge in [-0.15, -0.1) is 0 Å². The summed E-state index contributed by atoms with van der Waals surface area (Å²) in [6.45, 7) is 4.60. The second-order valence-corrected chi connectivity index (χ2v) is 4.61. The molecule has 2 heterocycles. The molecule has 2 amide bonds. The third-order valence-corrected chi connectivity index (χ3v) is 3.24. The number of amides is 2. The molecule has 2 aliphatic rings. The Morgan fingerprint density at radius 1 is 1.38 bits per heavy atom. The van der Waals surface area contributed by atoms with E-state index in [4.69, 9.17) is 4.74 Å². The molecule has 1 N–H and O–H groups in total. The minimum absolute atomic E-state index is 0.0266. The Bertz CT molecular complexity index is 306. The van der Waals surface area contributed by atoms with Crippen LogP contribution in [0.4, 0.5) is 0 Å². The third-order valence-electron chi connectivity index (χ3n) is 3.24. The topological polar surface area (TPSA) is 58.6 Å². The van der Waals surface area contributed by atoms with Crippen molar-refractivity contribution in [2.45, 2.75) is 44.9 Å². The third kappa shape index (κ3) is 2.19. The van der Waals surface area contributed by atoms with E-state index in [1.165, 1.54) is 0 Å². The number of nitrogens with one attached hydrogen (secondary N) is 1. The SMILES string of the molecule is CC1CC(N2CC(=O)NC(C)C2=O)CCO1. The first-order chi connectivity index (χ1) is 7.58. The molecule has 0 spiro atoms. The van der Waals surface area contributed by atoms with Gasteiger partial charge in [-0.3, -0.25) is 9.59 Å². The van der Waals surface area contributed by atoms with E-state index < -0.39 is 0 Å². The number of hydrogen-bond donors (Lipinski definition) is 1. The maximum atomic E-state index is 11.9. The summed E-state index contributed by atoms with van der Waals surface area (Å²) in [5, 5.41) is 2.65. The number of nitrogens with zero attached hydrogens (tertiary/aromatic N) is 1. The molecule has 0 aliphatic carbocycles. The number of carbonyl (C=O) groups excluding carboxylic acids is 2. The minimum atomic E-state index is -0.389. The lowest BCUT2D eigenvalue weighted by molar-refractivity contribution is -0.148. The summed E-state index contributed by atoms with van der Waals surface area (Å²) in [6.07, 6.45) is 1.83. The standard InChI is InChI=1S/C11H18N2O3/c1-7-5-9(3-4-16-7)13-6-10(14)12-8(2)11(13)15/h7-9H,3-6H2,1-2H3,(H,12,14). The van der Waals surface area contributed by atoms with Crippen molar-refractivity contribution >= 4 is 11.8 Å². The lowest BCUT2D eigenvalue weighted by Gasteiger charge is -2.40. The van der Waals surface area contributed by atoms with E-state index in [9.17, 15) is 9.59 Å². The summed E-state index contributed by atoms with van der Waals surface area (Å²) < 4.78 is 5.45. The average molecular weight is 226 g/mol. The van der Waals surface area contributed by atoms with Crippen molar-refractivity contribution in [2.75, 3.05) is 13.2 Å². The lowest BCUT2D eigenvalue weighted by Crippen LogP contribution is -2.60. The highest BCUT2D eigenvalue weighted by Crippen LogP contribution is 2.20. The highest BCUT2D eigenvalue weighted by Gasteiger charge is 2.35. The molecule has 0 aromatic carbocycles. The quantitative estimate of drug-likeness (QED) is 0.679. The van der Waals surface area contributed by atoms with Crippen LogP contribution in [-0.2, 0) is 14.3 Å². The van der Waals surface area contributed by atoms with Crippen LogP contribution in [0.2, 0.25) is 0 Å². The molecule has 90 valence electrons. The second kappa shape index (κ2) is 4.41. The monoisotopic (exact) mass is 226 g/mol. The zero-order valence-corrected chi connectivity index (χ0v) is 9.73. The fourth-order valence-corrected chi connectivity index (χ4v) is 2.40. The van der Waals surface area contributed by atoms with Gasteiger partial charge in [0.1, 0.15) is 6.04 Å². The van der Waals surface area contributed by atoms with Crippen molar-refractivity contribution in [3.05, 3.63) is 0 Å². The Balaban J connectivity index is 2.06. The molecule has 0 aromatic heterocycles. The molecule has 0 bridgehead atoms. The van der Waals surface area contributed by atoms with E-state index >= 15 is 0 Å². The van der Waals surface area contributed by atoms with Gasteiger partial charge in [-0.1, -0.05) is 0 Å². The summed E-state index contributed by atoms with van der Waals surface area (Å²) in [5.41, 5.74) is 0. The predicted molar refractivity (Wildman–Crippen MR) is 57.8 cm³/mol. The summed E-state index contributed by atoms with van der Waals surface area (Å²) >= 11 is 0. The molecular formula is C11H18N2O3. The van der Waals surface area contributed by atoms with Crippen LogP contribution in [0.3, 0.4) is 0 Å². The Morgan fingerprint density at radius 3 is 2.81 bits per heavy atom. The van der Waals surface area contributed by atoms with Crippen LogP contribution in [0.15, 0.2) is 0 Å². The van der Waals surface area contributed by atoms with Crippen LogP contribution in [-0.4, -0.2) is 48.1 Å². The van der Waals surface area contributed by atoms with Crippen molar-refractivity contribution in [3.8, 4) is 0 Å². The number of piperazine rings is 1. The van der Waals surface area contributed by atoms with Crippen molar-refractivity contribution in [2.24, 2.45) is 0 Å². The first-order valence-corrected chi connectivity index (χ1v) is 5.79. The fourth-order valence-electron chi connectivity index (χ4n) is 2.40. The predicted octanol–water partition coefficient (Wildman–Crippen LogP) is -0.0992. The van der Waals surface area contributed by atoms with E-state index in [2.05, 4.69) is 5.32 Å². The molecule has 5 heteroatoms. The largest absolute Gasteiger partial charge is 0.378 e. The van der Waals surface area contributed by atoms with E-state index in [-0.39, 0.29) is 36.5 Å². The molecule has 2 saturated heterocycles. The van der Waals surface area contributed by atoms with Crippen molar-refractivity contribution in [1.29, 1.82) is 0 Å². The minimum Gasteiger partial charge on any atom is -0.378 e. The molecule has 3 atom stereocenters. The number of ether oxygens (including phenoxy) is 1. The van der Waals surface area contributed by atoms with Gasteiger partial charge in [0, 0.05) is 12.6 Å². The molecule has 0 radical (unpaired) electrons. The van der Waals surface area contributed by atoms with Gasteiger partial charge < -0.3 is 15.0 Å². The summed E-state index contributed by atoms with van der Waals surface area (Å²) in [7, 11) is 0. The van der Waals surface area contributed by atoms with Crippen LogP contribution in [0, 0.1) is 0 Å². The second-order valence-electron chi connectivity index (χ2n) is 4.61. The molecule has 3 unspecified atom stereocenters. The first-order valence-electron chi connectivity index (χ1n) is 5.79. The van der Waals surface area contributed by atoms with Gasteiger partial charge in [-0.2, -0.15) is 0 Å². The molecule has 2 fully saturated rings. The zero-order valence-electron chi connectivity index (χ0n) is 9.73. The van der Waals surface area contributed by atoms with Gasteiger partial charge in [0.15, 0.2) is 0 Å². The van der Waals surface area contributed by atoms with E-state index in [0.29, 0.717) is 6.61 Å². The molecular weight excluding hydrogens is 208 g/mol. The van der Waals surface area contributed by atoms with E-state index in [1.54, 1.807) is 11.8 Å². The van der Waals surface area contributed by atoms with Gasteiger partial charge >= 0.3 is 0 Å². The Hall–Kier alpha value is -1.10. The summed E-state index contributed by atoms with van der Waals surface area (Å²) in [6, 6.07) is -0.232. The highest BCUT2D eigenvalue weighted by molar-refractivity contribution is 5.94. The fraction of sp³-hybridized carbons (Fsp3) is 0.818. The van der Waals surface area contributed by atoms with Gasteiger partial charge in [0.25, 0.3) is 0 Å². The number of rotatable bonds is 1. The molecule has 2 rings (SSSR count).